The fourth-order valence-electron chi connectivity index (χ4n) is 2.20. The highest BCUT2D eigenvalue weighted by molar-refractivity contribution is 7.99. The number of hydrogen-bond donors (Lipinski definition) is 1. The number of rotatable bonds is 5. The molecule has 0 saturated heterocycles. The molecule has 100 valence electrons. The van der Waals surface area contributed by atoms with Gasteiger partial charge >= 0.3 is 0 Å². The second-order valence-electron chi connectivity index (χ2n) is 5.01. The fraction of sp³-hybridized carbons (Fsp3) is 0.692. The summed E-state index contributed by atoms with van der Waals surface area (Å²) in [6.07, 6.45) is 5.24. The van der Waals surface area contributed by atoms with E-state index in [9.17, 15) is 4.79 Å². The van der Waals surface area contributed by atoms with Crippen molar-refractivity contribution in [3.63, 3.8) is 0 Å². The molecule has 0 spiro atoms. The summed E-state index contributed by atoms with van der Waals surface area (Å²) in [5.74, 6) is 1.000. The minimum atomic E-state index is 0.0785. The van der Waals surface area contributed by atoms with Gasteiger partial charge in [-0.1, -0.05) is 11.8 Å². The Bertz CT molecular complexity index is 456. The number of hydrogen-bond acceptors (Lipinski definition) is 4. The monoisotopic (exact) mass is 267 g/mol. The van der Waals surface area contributed by atoms with Crippen LogP contribution in [0, 0.1) is 0 Å². The van der Waals surface area contributed by atoms with E-state index >= 15 is 0 Å². The third kappa shape index (κ3) is 3.59. The van der Waals surface area contributed by atoms with Gasteiger partial charge in [-0.05, 0) is 52.7 Å². The van der Waals surface area contributed by atoms with Crippen LogP contribution in [0.15, 0.2) is 9.95 Å². The predicted octanol–water partition coefficient (Wildman–Crippen LogP) is 1.69. The molecular weight excluding hydrogens is 246 g/mol. The number of nitrogens with one attached hydrogen (secondary N) is 1. The maximum atomic E-state index is 11.9. The number of aromatic amines is 1. The van der Waals surface area contributed by atoms with E-state index in [1.807, 2.05) is 0 Å². The van der Waals surface area contributed by atoms with Crippen molar-refractivity contribution < 1.29 is 0 Å². The Hall–Kier alpha value is -0.810. The Labute approximate surface area is 112 Å². The first-order chi connectivity index (χ1) is 8.66. The Morgan fingerprint density at radius 1 is 1.33 bits per heavy atom. The van der Waals surface area contributed by atoms with E-state index in [0.717, 1.165) is 60.8 Å². The molecule has 0 atom stereocenters. The topological polar surface area (TPSA) is 49.0 Å². The summed E-state index contributed by atoms with van der Waals surface area (Å²) in [6.45, 7) is 1.07. The third-order valence-electron chi connectivity index (χ3n) is 3.16. The first-order valence-electron chi connectivity index (χ1n) is 6.56. The maximum absolute atomic E-state index is 11.9. The lowest BCUT2D eigenvalue weighted by Gasteiger charge is -2.14. The van der Waals surface area contributed by atoms with E-state index < -0.39 is 0 Å². The Morgan fingerprint density at radius 2 is 2.11 bits per heavy atom. The Balaban J connectivity index is 1.97. The van der Waals surface area contributed by atoms with E-state index in [-0.39, 0.29) is 5.56 Å². The van der Waals surface area contributed by atoms with Crippen LogP contribution in [0.5, 0.6) is 0 Å². The van der Waals surface area contributed by atoms with Crippen LogP contribution in [-0.2, 0) is 12.8 Å². The number of fused-ring (bicyclic) bond motifs is 1. The van der Waals surface area contributed by atoms with Gasteiger partial charge in [-0.25, -0.2) is 4.98 Å². The molecule has 1 aromatic rings. The number of thioether (sulfide) groups is 1. The number of aryl methyl sites for hydroxylation is 1. The summed E-state index contributed by atoms with van der Waals surface area (Å²) in [5, 5.41) is 0.791. The van der Waals surface area contributed by atoms with E-state index in [2.05, 4.69) is 29.0 Å². The highest BCUT2D eigenvalue weighted by Gasteiger charge is 2.15. The molecule has 4 nitrogen and oxygen atoms in total. The summed E-state index contributed by atoms with van der Waals surface area (Å²) in [7, 11) is 4.15. The number of nitrogens with zero attached hydrogens (tertiary/aromatic N) is 2. The Kier molecular flexibility index (Phi) is 4.83. The fourth-order valence-corrected chi connectivity index (χ4v) is 3.00. The van der Waals surface area contributed by atoms with Gasteiger partial charge in [-0.2, -0.15) is 0 Å². The molecule has 2 rings (SSSR count). The average molecular weight is 267 g/mol. The van der Waals surface area contributed by atoms with Crippen LogP contribution in [0.25, 0.3) is 0 Å². The third-order valence-corrected chi connectivity index (χ3v) is 4.12. The minimum Gasteiger partial charge on any atom is -0.309 e. The molecule has 1 aromatic heterocycles. The van der Waals surface area contributed by atoms with Crippen molar-refractivity contribution in [1.82, 2.24) is 14.9 Å². The van der Waals surface area contributed by atoms with Crippen LogP contribution in [0.1, 0.15) is 30.5 Å². The molecule has 0 unspecified atom stereocenters. The van der Waals surface area contributed by atoms with Gasteiger partial charge in [0.25, 0.3) is 5.56 Å². The molecule has 1 aliphatic rings. The van der Waals surface area contributed by atoms with Crippen LogP contribution < -0.4 is 5.56 Å². The zero-order valence-corrected chi connectivity index (χ0v) is 12.0. The lowest BCUT2D eigenvalue weighted by molar-refractivity contribution is 0.410. The minimum absolute atomic E-state index is 0.0785. The molecule has 0 aliphatic heterocycles. The van der Waals surface area contributed by atoms with Crippen molar-refractivity contribution in [2.45, 2.75) is 37.3 Å². The van der Waals surface area contributed by atoms with Gasteiger partial charge < -0.3 is 9.88 Å². The van der Waals surface area contributed by atoms with Crippen LogP contribution in [-0.4, -0.2) is 41.3 Å². The van der Waals surface area contributed by atoms with Crippen molar-refractivity contribution in [2.75, 3.05) is 26.4 Å². The highest BCUT2D eigenvalue weighted by Crippen LogP contribution is 2.19. The second-order valence-corrected chi connectivity index (χ2v) is 6.09. The van der Waals surface area contributed by atoms with Crippen LogP contribution in [0.2, 0.25) is 0 Å². The van der Waals surface area contributed by atoms with E-state index in [0.29, 0.717) is 0 Å². The van der Waals surface area contributed by atoms with Gasteiger partial charge in [0.1, 0.15) is 0 Å². The quantitative estimate of drug-likeness (QED) is 0.501. The summed E-state index contributed by atoms with van der Waals surface area (Å²) >= 11 is 1.66. The smallest absolute Gasteiger partial charge is 0.254 e. The number of H-pyrrole nitrogens is 1. The summed E-state index contributed by atoms with van der Waals surface area (Å²) in [6, 6.07) is 0. The SMILES string of the molecule is CN(C)CCCSc1nc2c(c(=O)[nH]1)CCCC2. The molecule has 1 N–H and O–H groups in total. The molecule has 1 aliphatic carbocycles. The van der Waals surface area contributed by atoms with E-state index in [1.165, 1.54) is 0 Å². The highest BCUT2D eigenvalue weighted by atomic mass is 32.2. The summed E-state index contributed by atoms with van der Waals surface area (Å²) < 4.78 is 0. The second kappa shape index (κ2) is 6.38. The van der Waals surface area contributed by atoms with Gasteiger partial charge in [0.15, 0.2) is 5.16 Å². The molecule has 0 radical (unpaired) electrons. The maximum Gasteiger partial charge on any atom is 0.254 e. The molecule has 0 aromatic carbocycles. The summed E-state index contributed by atoms with van der Waals surface area (Å²) in [4.78, 5) is 21.6. The first-order valence-corrected chi connectivity index (χ1v) is 7.55. The van der Waals surface area contributed by atoms with Crippen molar-refractivity contribution in [3.8, 4) is 0 Å². The van der Waals surface area contributed by atoms with Gasteiger partial charge in [-0.15, -0.1) is 0 Å². The van der Waals surface area contributed by atoms with Crippen molar-refractivity contribution in [1.29, 1.82) is 0 Å². The number of aromatic nitrogens is 2. The van der Waals surface area contributed by atoms with Crippen molar-refractivity contribution >= 4 is 11.8 Å². The van der Waals surface area contributed by atoms with Crippen molar-refractivity contribution in [3.05, 3.63) is 21.6 Å². The van der Waals surface area contributed by atoms with E-state index in [4.69, 9.17) is 0 Å². The van der Waals surface area contributed by atoms with Crippen LogP contribution in [0.4, 0.5) is 0 Å². The van der Waals surface area contributed by atoms with Gasteiger partial charge in [0.05, 0.1) is 5.69 Å². The normalized spacial score (nSPS) is 14.8. The molecule has 0 bridgehead atoms. The molecule has 0 saturated carbocycles. The van der Waals surface area contributed by atoms with Crippen LogP contribution in [0.3, 0.4) is 0 Å². The molecule has 0 amide bonds. The largest absolute Gasteiger partial charge is 0.309 e. The zero-order chi connectivity index (χ0) is 13.0. The van der Waals surface area contributed by atoms with Gasteiger partial charge in [-0.3, -0.25) is 4.79 Å². The van der Waals surface area contributed by atoms with Crippen molar-refractivity contribution in [2.24, 2.45) is 0 Å². The lowest BCUT2D eigenvalue weighted by atomic mass is 9.97. The van der Waals surface area contributed by atoms with Gasteiger partial charge in [0, 0.05) is 11.3 Å². The average Bonchev–Trinajstić information content (AvgIpc) is 2.35. The predicted molar refractivity (Wildman–Crippen MR) is 75.4 cm³/mol. The molecule has 1 heterocycles. The molecule has 5 heteroatoms. The first kappa shape index (κ1) is 13.6. The molecular formula is C13H21N3OS. The lowest BCUT2D eigenvalue weighted by Crippen LogP contribution is -2.21. The van der Waals surface area contributed by atoms with Gasteiger partial charge in [0.2, 0.25) is 0 Å². The standard InChI is InChI=1S/C13H21N3OS/c1-16(2)8-5-9-18-13-14-11-7-4-3-6-10(11)12(17)15-13/h3-9H2,1-2H3,(H,14,15,17). The van der Waals surface area contributed by atoms with Crippen LogP contribution >= 0.6 is 11.8 Å². The summed E-state index contributed by atoms with van der Waals surface area (Å²) in [5.41, 5.74) is 2.02. The Morgan fingerprint density at radius 3 is 2.89 bits per heavy atom. The van der Waals surface area contributed by atoms with E-state index in [1.54, 1.807) is 11.8 Å². The molecule has 0 fully saturated rings. The molecule has 18 heavy (non-hydrogen) atoms. The zero-order valence-electron chi connectivity index (χ0n) is 11.2.